The zero-order valence-electron chi connectivity index (χ0n) is 11.8. The summed E-state index contributed by atoms with van der Waals surface area (Å²) >= 11 is 3.14. The molecule has 124 valence electrons. The van der Waals surface area contributed by atoms with Crippen LogP contribution in [0.4, 0.5) is 18.9 Å². The van der Waals surface area contributed by atoms with Crippen LogP contribution < -0.4 is 5.73 Å². The molecule has 0 bridgehead atoms. The number of nitrogens with zero attached hydrogens (tertiary/aromatic N) is 4. The number of hydrogen-bond donors (Lipinski definition) is 1. The van der Waals surface area contributed by atoms with Crippen molar-refractivity contribution in [2.24, 2.45) is 10.2 Å². The minimum Gasteiger partial charge on any atom is -0.396 e. The first-order chi connectivity index (χ1) is 10.8. The van der Waals surface area contributed by atoms with Gasteiger partial charge in [-0.1, -0.05) is 0 Å². The van der Waals surface area contributed by atoms with E-state index in [4.69, 9.17) is 5.73 Å². The molecule has 3 rings (SSSR count). The summed E-state index contributed by atoms with van der Waals surface area (Å²) in [7, 11) is 0. The van der Waals surface area contributed by atoms with Gasteiger partial charge >= 0.3 is 6.18 Å². The fourth-order valence-corrected chi connectivity index (χ4v) is 3.14. The maximum absolute atomic E-state index is 13.0. The summed E-state index contributed by atoms with van der Waals surface area (Å²) in [5, 5.41) is 6.37. The second kappa shape index (κ2) is 5.43. The third-order valence-electron chi connectivity index (χ3n) is 4.13. The molecule has 0 aromatic carbocycles. The van der Waals surface area contributed by atoms with Crippen molar-refractivity contribution in [1.82, 2.24) is 9.88 Å². The Morgan fingerprint density at radius 3 is 2.78 bits per heavy atom. The first-order valence-electron chi connectivity index (χ1n) is 6.97. The van der Waals surface area contributed by atoms with Gasteiger partial charge in [-0.2, -0.15) is 13.2 Å². The number of nitrogens with two attached hydrogens (primary N) is 1. The van der Waals surface area contributed by atoms with Gasteiger partial charge in [0.05, 0.1) is 11.3 Å². The van der Waals surface area contributed by atoms with Gasteiger partial charge in [-0.3, -0.25) is 4.79 Å². The Kier molecular flexibility index (Phi) is 3.81. The molecule has 3 heterocycles. The van der Waals surface area contributed by atoms with Gasteiger partial charge in [0.1, 0.15) is 4.60 Å². The highest BCUT2D eigenvalue weighted by Gasteiger charge is 2.65. The SMILES string of the molecule is Nc1c(C(=O)N2CCCC2CC2(C(F)(F)F)N=N2)ccnc1Br. The molecule has 0 spiro atoms. The van der Waals surface area contributed by atoms with E-state index in [2.05, 4.69) is 31.1 Å². The van der Waals surface area contributed by atoms with E-state index in [9.17, 15) is 18.0 Å². The summed E-state index contributed by atoms with van der Waals surface area (Å²) in [5.74, 6) is -0.397. The summed E-state index contributed by atoms with van der Waals surface area (Å²) in [6.07, 6.45) is -2.32. The number of amides is 1. The van der Waals surface area contributed by atoms with E-state index in [1.807, 2.05) is 0 Å². The molecule has 23 heavy (non-hydrogen) atoms. The lowest BCUT2D eigenvalue weighted by atomic mass is 10.0. The predicted octanol–water partition coefficient (Wildman–Crippen LogP) is 3.15. The number of aromatic nitrogens is 1. The molecule has 1 unspecified atom stereocenters. The van der Waals surface area contributed by atoms with E-state index >= 15 is 0 Å². The highest BCUT2D eigenvalue weighted by Crippen LogP contribution is 2.49. The van der Waals surface area contributed by atoms with E-state index in [0.717, 1.165) is 0 Å². The second-order valence-electron chi connectivity index (χ2n) is 5.58. The normalized spacial score (nSPS) is 22.4. The molecule has 0 radical (unpaired) electrons. The Morgan fingerprint density at radius 2 is 2.17 bits per heavy atom. The van der Waals surface area contributed by atoms with Gasteiger partial charge in [-0.25, -0.2) is 4.98 Å². The van der Waals surface area contributed by atoms with E-state index in [1.165, 1.54) is 17.2 Å². The summed E-state index contributed by atoms with van der Waals surface area (Å²) in [6, 6.07) is 0.897. The van der Waals surface area contributed by atoms with Crippen molar-refractivity contribution in [3.63, 3.8) is 0 Å². The Bertz CT molecular complexity index is 672. The third kappa shape index (κ3) is 2.79. The van der Waals surface area contributed by atoms with Crippen molar-refractivity contribution in [3.8, 4) is 0 Å². The van der Waals surface area contributed by atoms with E-state index in [1.54, 1.807) is 0 Å². The van der Waals surface area contributed by atoms with Crippen LogP contribution in [0.25, 0.3) is 0 Å². The number of anilines is 1. The maximum Gasteiger partial charge on any atom is 0.437 e. The number of pyridine rings is 1. The zero-order chi connectivity index (χ0) is 16.8. The Labute approximate surface area is 138 Å². The molecule has 1 atom stereocenters. The van der Waals surface area contributed by atoms with Crippen LogP contribution >= 0.6 is 15.9 Å². The highest BCUT2D eigenvalue weighted by molar-refractivity contribution is 9.10. The number of carbonyl (C=O) groups excluding carboxylic acids is 1. The van der Waals surface area contributed by atoms with Crippen LogP contribution in [0.2, 0.25) is 0 Å². The molecule has 2 N–H and O–H groups in total. The fraction of sp³-hybridized carbons (Fsp3) is 0.538. The van der Waals surface area contributed by atoms with Gasteiger partial charge in [-0.15, -0.1) is 10.2 Å². The molecular weight excluding hydrogens is 379 g/mol. The molecule has 10 heteroatoms. The molecule has 2 aliphatic rings. The molecular formula is C13H13BrF3N5O. The first-order valence-corrected chi connectivity index (χ1v) is 7.76. The molecule has 1 aromatic heterocycles. The number of hydrogen-bond acceptors (Lipinski definition) is 5. The van der Waals surface area contributed by atoms with Gasteiger partial charge in [0, 0.05) is 25.2 Å². The molecule has 6 nitrogen and oxygen atoms in total. The number of carbonyl (C=O) groups is 1. The van der Waals surface area contributed by atoms with Crippen LogP contribution in [0.15, 0.2) is 27.1 Å². The van der Waals surface area contributed by atoms with Crippen LogP contribution in [-0.4, -0.2) is 40.2 Å². The Morgan fingerprint density at radius 1 is 1.48 bits per heavy atom. The van der Waals surface area contributed by atoms with E-state index in [-0.39, 0.29) is 17.7 Å². The van der Waals surface area contributed by atoms with Crippen LogP contribution in [0.3, 0.4) is 0 Å². The second-order valence-corrected chi connectivity index (χ2v) is 6.33. The Hall–Kier alpha value is -1.71. The fourth-order valence-electron chi connectivity index (χ4n) is 2.80. The summed E-state index contributed by atoms with van der Waals surface area (Å²) in [5.41, 5.74) is 3.89. The van der Waals surface area contributed by atoms with E-state index in [0.29, 0.717) is 24.0 Å². The average Bonchev–Trinajstić information content (AvgIpc) is 3.12. The molecule has 1 fully saturated rings. The quantitative estimate of drug-likeness (QED) is 0.803. The largest absolute Gasteiger partial charge is 0.437 e. The number of likely N-dealkylation sites (tertiary alicyclic amines) is 1. The van der Waals surface area contributed by atoms with Gasteiger partial charge in [0.25, 0.3) is 11.6 Å². The van der Waals surface area contributed by atoms with Crippen molar-refractivity contribution in [2.45, 2.75) is 37.1 Å². The maximum atomic E-state index is 13.0. The minimum atomic E-state index is -4.52. The Balaban J connectivity index is 1.79. The highest BCUT2D eigenvalue weighted by atomic mass is 79.9. The number of alkyl halides is 3. The number of halogens is 4. The van der Waals surface area contributed by atoms with Crippen molar-refractivity contribution < 1.29 is 18.0 Å². The van der Waals surface area contributed by atoms with Crippen LogP contribution in [0, 0.1) is 0 Å². The van der Waals surface area contributed by atoms with Crippen molar-refractivity contribution >= 4 is 27.5 Å². The lowest BCUT2D eigenvalue weighted by Gasteiger charge is -2.27. The summed E-state index contributed by atoms with van der Waals surface area (Å²) in [6.45, 7) is 0.386. The van der Waals surface area contributed by atoms with Crippen LogP contribution in [0.1, 0.15) is 29.6 Å². The lowest BCUT2D eigenvalue weighted by Crippen LogP contribution is -2.43. The topological polar surface area (TPSA) is 83.9 Å². The number of nitrogen functional groups attached to an aromatic ring is 1. The van der Waals surface area contributed by atoms with Gasteiger partial charge in [0.15, 0.2) is 0 Å². The molecule has 1 saturated heterocycles. The van der Waals surface area contributed by atoms with Crippen LogP contribution in [-0.2, 0) is 0 Å². The monoisotopic (exact) mass is 391 g/mol. The van der Waals surface area contributed by atoms with Gasteiger partial charge in [0.2, 0.25) is 0 Å². The van der Waals surface area contributed by atoms with Crippen molar-refractivity contribution in [2.75, 3.05) is 12.3 Å². The molecule has 1 aromatic rings. The van der Waals surface area contributed by atoms with Crippen molar-refractivity contribution in [3.05, 3.63) is 22.4 Å². The molecule has 2 aliphatic heterocycles. The number of rotatable bonds is 3. The average molecular weight is 392 g/mol. The predicted molar refractivity (Wildman–Crippen MR) is 78.7 cm³/mol. The third-order valence-corrected chi connectivity index (χ3v) is 4.76. The summed E-state index contributed by atoms with van der Waals surface area (Å²) in [4.78, 5) is 18.0. The lowest BCUT2D eigenvalue weighted by molar-refractivity contribution is -0.167. The molecule has 1 amide bonds. The smallest absolute Gasteiger partial charge is 0.396 e. The summed E-state index contributed by atoms with van der Waals surface area (Å²) < 4.78 is 39.3. The molecule has 0 saturated carbocycles. The van der Waals surface area contributed by atoms with Gasteiger partial charge in [-0.05, 0) is 34.8 Å². The first kappa shape index (κ1) is 16.2. The molecule has 0 aliphatic carbocycles. The van der Waals surface area contributed by atoms with Crippen molar-refractivity contribution in [1.29, 1.82) is 0 Å². The van der Waals surface area contributed by atoms with E-state index < -0.39 is 23.8 Å². The van der Waals surface area contributed by atoms with Gasteiger partial charge < -0.3 is 10.6 Å². The zero-order valence-corrected chi connectivity index (χ0v) is 13.4. The standard InChI is InChI=1S/C13H13BrF3N5O/c14-10-9(18)8(3-4-19-10)11(23)22-5-1-2-7(22)6-12(20-21-12)13(15,16)17/h3-4,7H,1-2,5-6,18H2. The minimum absolute atomic E-state index is 0.175. The van der Waals surface area contributed by atoms with Crippen LogP contribution in [0.5, 0.6) is 0 Å².